The van der Waals surface area contributed by atoms with E-state index in [0.717, 1.165) is 17.9 Å². The van der Waals surface area contributed by atoms with Gasteiger partial charge in [0.1, 0.15) is 5.82 Å². The summed E-state index contributed by atoms with van der Waals surface area (Å²) < 4.78 is 1.92. The van der Waals surface area contributed by atoms with E-state index in [4.69, 9.17) is 0 Å². The topological polar surface area (TPSA) is 45.2 Å². The molecule has 5 heteroatoms. The third-order valence-electron chi connectivity index (χ3n) is 3.20. The van der Waals surface area contributed by atoms with Crippen LogP contribution in [0.4, 0.5) is 5.82 Å². The molecule has 0 fully saturated rings. The van der Waals surface area contributed by atoms with E-state index in [1.54, 1.807) is 6.20 Å². The monoisotopic (exact) mass is 293 g/mol. The minimum atomic E-state index is 0.0652. The molecule has 17 heavy (non-hydrogen) atoms. The Labute approximate surface area is 108 Å². The molecular weight excluding hydrogens is 282 g/mol. The summed E-state index contributed by atoms with van der Waals surface area (Å²) in [6.07, 6.45) is 2.26. The van der Waals surface area contributed by atoms with Gasteiger partial charge in [0, 0.05) is 11.8 Å². The van der Waals surface area contributed by atoms with Gasteiger partial charge in [-0.2, -0.15) is 0 Å². The Bertz CT molecular complexity index is 526. The van der Waals surface area contributed by atoms with Gasteiger partial charge in [0.2, 0.25) is 5.91 Å². The fraction of sp³-hybridized carbons (Fsp3) is 0.333. The maximum absolute atomic E-state index is 11.6. The number of anilines is 1. The summed E-state index contributed by atoms with van der Waals surface area (Å²) in [6, 6.07) is 4.05. The predicted octanol–water partition coefficient (Wildman–Crippen LogP) is 1.87. The van der Waals surface area contributed by atoms with Gasteiger partial charge in [0.15, 0.2) is 0 Å². The molecule has 1 unspecified atom stereocenters. The quantitative estimate of drug-likeness (QED) is 0.743. The second-order valence-electron chi connectivity index (χ2n) is 4.38. The largest absolute Gasteiger partial charge is 0.349 e. The molecule has 1 N–H and O–H groups in total. The molecule has 0 saturated carbocycles. The minimum absolute atomic E-state index is 0.0652. The highest BCUT2D eigenvalue weighted by molar-refractivity contribution is 9.10. The van der Waals surface area contributed by atoms with Crippen LogP contribution < -0.4 is 9.24 Å². The van der Waals surface area contributed by atoms with Gasteiger partial charge in [-0.25, -0.2) is 4.98 Å². The van der Waals surface area contributed by atoms with Crippen molar-refractivity contribution in [2.24, 2.45) is 0 Å². The lowest BCUT2D eigenvalue weighted by molar-refractivity contribution is -0.121. The first-order valence-electron chi connectivity index (χ1n) is 5.57. The number of aromatic nitrogens is 1. The Morgan fingerprint density at radius 3 is 3.24 bits per heavy atom. The molecule has 1 amide bonds. The van der Waals surface area contributed by atoms with Gasteiger partial charge in [-0.3, -0.25) is 8.72 Å². The number of fused-ring (bicyclic) bond motifs is 2. The van der Waals surface area contributed by atoms with Crippen molar-refractivity contribution in [2.45, 2.75) is 19.4 Å². The first-order valence-corrected chi connectivity index (χ1v) is 6.27. The summed E-state index contributed by atoms with van der Waals surface area (Å²) in [5.74, 6) is 1.03. The number of halogens is 1. The van der Waals surface area contributed by atoms with Crippen LogP contribution >= 0.6 is 16.1 Å². The summed E-state index contributed by atoms with van der Waals surface area (Å²) in [5.41, 5.74) is 3.51. The van der Waals surface area contributed by atoms with Gasteiger partial charge < -0.3 is 5.32 Å². The van der Waals surface area contributed by atoms with Gasteiger partial charge in [-0.1, -0.05) is 0 Å². The number of nitrogens with zero attached hydrogens (tertiary/aromatic N) is 2. The predicted molar refractivity (Wildman–Crippen MR) is 69.7 cm³/mol. The van der Waals surface area contributed by atoms with Gasteiger partial charge >= 0.3 is 0 Å². The van der Waals surface area contributed by atoms with Crippen molar-refractivity contribution >= 4 is 33.4 Å². The molecule has 0 aromatic carbocycles. The fourth-order valence-electron chi connectivity index (χ4n) is 2.57. The zero-order valence-electron chi connectivity index (χ0n) is 9.40. The minimum Gasteiger partial charge on any atom is -0.349 e. The lowest BCUT2D eigenvalue weighted by atomic mass is 9.87. The molecule has 1 atom stereocenters. The summed E-state index contributed by atoms with van der Waals surface area (Å²) >= 11 is 3.49. The van der Waals surface area contributed by atoms with Crippen LogP contribution in [-0.4, -0.2) is 23.5 Å². The van der Waals surface area contributed by atoms with Crippen LogP contribution in [0.2, 0.25) is 0 Å². The second kappa shape index (κ2) is 3.84. The SMILES string of the molecule is CC1NC(=O)CC2=C1c1cccnc1N(Br)C2. The number of nitrogens with one attached hydrogen (secondary N) is 1. The van der Waals surface area contributed by atoms with Crippen LogP contribution in [0.1, 0.15) is 18.9 Å². The molecule has 0 saturated heterocycles. The van der Waals surface area contributed by atoms with Crippen LogP contribution in [-0.2, 0) is 4.79 Å². The molecule has 0 spiro atoms. The number of carbonyl (C=O) groups excluding carboxylic acids is 1. The first kappa shape index (κ1) is 10.8. The van der Waals surface area contributed by atoms with Crippen molar-refractivity contribution in [3.63, 3.8) is 0 Å². The van der Waals surface area contributed by atoms with Crippen LogP contribution in [0.15, 0.2) is 23.9 Å². The number of amides is 1. The van der Waals surface area contributed by atoms with Crippen LogP contribution in [0.25, 0.3) is 5.57 Å². The van der Waals surface area contributed by atoms with Crippen LogP contribution in [0.5, 0.6) is 0 Å². The molecule has 3 heterocycles. The van der Waals surface area contributed by atoms with Crippen LogP contribution in [0.3, 0.4) is 0 Å². The molecule has 3 rings (SSSR count). The molecule has 1 aromatic heterocycles. The smallest absolute Gasteiger partial charge is 0.224 e. The number of hydrogen-bond donors (Lipinski definition) is 1. The lowest BCUT2D eigenvalue weighted by Gasteiger charge is -2.34. The van der Waals surface area contributed by atoms with E-state index in [2.05, 4.69) is 32.5 Å². The van der Waals surface area contributed by atoms with Crippen molar-refractivity contribution in [2.75, 3.05) is 10.5 Å². The van der Waals surface area contributed by atoms with Crippen LogP contribution in [0, 0.1) is 0 Å². The van der Waals surface area contributed by atoms with E-state index < -0.39 is 0 Å². The second-order valence-corrected chi connectivity index (χ2v) is 5.23. The molecule has 0 bridgehead atoms. The summed E-state index contributed by atoms with van der Waals surface area (Å²) in [6.45, 7) is 2.74. The van der Waals surface area contributed by atoms with Gasteiger partial charge in [0.05, 0.1) is 35.2 Å². The Balaban J connectivity index is 2.18. The average molecular weight is 294 g/mol. The van der Waals surface area contributed by atoms with Gasteiger partial charge in [0.25, 0.3) is 0 Å². The molecular formula is C12H12BrN3O. The van der Waals surface area contributed by atoms with Crippen molar-refractivity contribution in [3.8, 4) is 0 Å². The molecule has 0 radical (unpaired) electrons. The van der Waals surface area contributed by atoms with E-state index in [1.165, 1.54) is 11.1 Å². The zero-order valence-corrected chi connectivity index (χ0v) is 11.0. The Kier molecular flexibility index (Phi) is 2.43. The average Bonchev–Trinajstić information content (AvgIpc) is 2.28. The number of pyridine rings is 1. The highest BCUT2D eigenvalue weighted by Gasteiger charge is 2.32. The standard InChI is InChI=1S/C12H12BrN3O/c1-7-11-8(5-10(17)15-7)6-16(13)12-9(11)3-2-4-14-12/h2-4,7H,5-6H2,1H3,(H,15,17). The summed E-state index contributed by atoms with van der Waals surface area (Å²) in [4.78, 5) is 15.9. The molecule has 2 aliphatic rings. The highest BCUT2D eigenvalue weighted by Crippen LogP contribution is 2.39. The Morgan fingerprint density at radius 1 is 1.59 bits per heavy atom. The van der Waals surface area contributed by atoms with Crippen molar-refractivity contribution in [3.05, 3.63) is 29.5 Å². The van der Waals surface area contributed by atoms with Gasteiger partial charge in [-0.05, 0) is 30.2 Å². The van der Waals surface area contributed by atoms with Crippen molar-refractivity contribution < 1.29 is 4.79 Å². The van der Waals surface area contributed by atoms with E-state index in [-0.39, 0.29) is 11.9 Å². The third-order valence-corrected chi connectivity index (χ3v) is 3.79. The Morgan fingerprint density at radius 2 is 2.41 bits per heavy atom. The normalized spacial score (nSPS) is 23.1. The molecule has 1 aromatic rings. The summed E-state index contributed by atoms with van der Waals surface area (Å²) in [7, 11) is 0. The maximum atomic E-state index is 11.6. The van der Waals surface area contributed by atoms with E-state index in [1.807, 2.05) is 16.9 Å². The van der Waals surface area contributed by atoms with Crippen molar-refractivity contribution in [1.29, 1.82) is 0 Å². The molecule has 88 valence electrons. The number of carbonyl (C=O) groups is 1. The zero-order chi connectivity index (χ0) is 12.0. The number of rotatable bonds is 0. The summed E-state index contributed by atoms with van der Waals surface area (Å²) in [5, 5.41) is 2.98. The van der Waals surface area contributed by atoms with E-state index in [9.17, 15) is 4.79 Å². The maximum Gasteiger partial charge on any atom is 0.224 e. The molecule has 4 nitrogen and oxygen atoms in total. The van der Waals surface area contributed by atoms with E-state index >= 15 is 0 Å². The molecule has 2 aliphatic heterocycles. The highest BCUT2D eigenvalue weighted by atomic mass is 79.9. The van der Waals surface area contributed by atoms with Crippen molar-refractivity contribution in [1.82, 2.24) is 10.3 Å². The van der Waals surface area contributed by atoms with E-state index in [0.29, 0.717) is 6.42 Å². The van der Waals surface area contributed by atoms with Gasteiger partial charge in [-0.15, -0.1) is 0 Å². The fourth-order valence-corrected chi connectivity index (χ4v) is 3.15. The lowest BCUT2D eigenvalue weighted by Crippen LogP contribution is -2.41. The third kappa shape index (κ3) is 1.65. The number of hydrogen-bond acceptors (Lipinski definition) is 3. The first-order chi connectivity index (χ1) is 8.16. The molecule has 0 aliphatic carbocycles. The Hall–Kier alpha value is -1.36.